The molecule has 0 aromatic carbocycles. The highest BCUT2D eigenvalue weighted by Crippen LogP contribution is 2.15. The number of carbonyl (C=O) groups excluding carboxylic acids is 1. The minimum Gasteiger partial charge on any atom is -0.394 e. The number of amides is 1. The Kier molecular flexibility index (Phi) is 36.9. The van der Waals surface area contributed by atoms with Gasteiger partial charge in [-0.15, -0.1) is 0 Å². The third-order valence-corrected chi connectivity index (χ3v) is 9.10. The molecule has 2 unspecified atom stereocenters. The molecule has 0 aliphatic heterocycles. The van der Waals surface area contributed by atoms with Crippen LogP contribution in [-0.4, -0.2) is 34.9 Å². The van der Waals surface area contributed by atoms with Crippen molar-refractivity contribution in [3.63, 3.8) is 0 Å². The zero-order valence-corrected chi connectivity index (χ0v) is 30.8. The quantitative estimate of drug-likeness (QED) is 0.0469. The maximum Gasteiger partial charge on any atom is 0.220 e. The lowest BCUT2D eigenvalue weighted by Crippen LogP contribution is -2.45. The van der Waals surface area contributed by atoms with Crippen molar-refractivity contribution in [3.8, 4) is 0 Å². The van der Waals surface area contributed by atoms with Crippen molar-refractivity contribution in [1.82, 2.24) is 5.32 Å². The summed E-state index contributed by atoms with van der Waals surface area (Å²) in [5.41, 5.74) is 0. The van der Waals surface area contributed by atoms with Crippen LogP contribution in [-0.2, 0) is 4.79 Å². The standard InChI is InChI=1S/C42H79NO3/c1-3-5-7-8-9-10-11-12-13-14-15-16-17-18-19-20-21-22-23-24-25-26-27-28-29-30-31-32-33-34-35-36-37-41(45)40(39-44)43-42(46)38-6-4-2/h28-29,32-33,36-37,40-41,44-45H,3-27,30-31,34-35,38-39H2,1-2H3,(H,43,46)/b29-28+,33-32+,37-36+. The summed E-state index contributed by atoms with van der Waals surface area (Å²) >= 11 is 0. The van der Waals surface area contributed by atoms with E-state index in [4.69, 9.17) is 0 Å². The van der Waals surface area contributed by atoms with E-state index in [1.165, 1.54) is 148 Å². The van der Waals surface area contributed by atoms with Crippen LogP contribution in [0.5, 0.6) is 0 Å². The lowest BCUT2D eigenvalue weighted by Gasteiger charge is -2.19. The molecule has 0 heterocycles. The average molecular weight is 646 g/mol. The van der Waals surface area contributed by atoms with Crippen molar-refractivity contribution < 1.29 is 15.0 Å². The van der Waals surface area contributed by atoms with Gasteiger partial charge in [-0.25, -0.2) is 0 Å². The minimum atomic E-state index is -0.863. The molecule has 3 N–H and O–H groups in total. The van der Waals surface area contributed by atoms with Gasteiger partial charge < -0.3 is 15.5 Å². The van der Waals surface area contributed by atoms with Gasteiger partial charge in [-0.05, 0) is 44.9 Å². The molecule has 0 aromatic heterocycles. The molecular weight excluding hydrogens is 566 g/mol. The van der Waals surface area contributed by atoms with Gasteiger partial charge in [0.15, 0.2) is 0 Å². The molecule has 1 amide bonds. The van der Waals surface area contributed by atoms with Crippen LogP contribution in [0.25, 0.3) is 0 Å². The Bertz CT molecular complexity index is 701. The lowest BCUT2D eigenvalue weighted by molar-refractivity contribution is -0.123. The molecule has 0 aliphatic carbocycles. The Morgan fingerprint density at radius 3 is 1.24 bits per heavy atom. The van der Waals surface area contributed by atoms with Gasteiger partial charge in [0.1, 0.15) is 0 Å². The molecule has 270 valence electrons. The van der Waals surface area contributed by atoms with Crippen molar-refractivity contribution in [2.45, 2.75) is 219 Å². The summed E-state index contributed by atoms with van der Waals surface area (Å²) < 4.78 is 0. The summed E-state index contributed by atoms with van der Waals surface area (Å²) in [4.78, 5) is 11.8. The molecule has 0 bridgehead atoms. The van der Waals surface area contributed by atoms with Crippen LogP contribution in [0.2, 0.25) is 0 Å². The third-order valence-electron chi connectivity index (χ3n) is 9.10. The summed E-state index contributed by atoms with van der Waals surface area (Å²) in [6.45, 7) is 4.06. The van der Waals surface area contributed by atoms with E-state index in [1.54, 1.807) is 6.08 Å². The SMILES string of the molecule is CCCCCCCCCCCCCCCCCCCCCCCC/C=C/CC/C=C/CC/C=C/C(O)C(CO)NC(=O)CCCC. The molecule has 0 aromatic rings. The molecule has 0 saturated heterocycles. The van der Waals surface area contributed by atoms with Crippen molar-refractivity contribution in [2.75, 3.05) is 6.61 Å². The summed E-state index contributed by atoms with van der Waals surface area (Å²) in [5.74, 6) is -0.114. The molecule has 2 atom stereocenters. The van der Waals surface area contributed by atoms with E-state index in [2.05, 4.69) is 36.5 Å². The number of unbranched alkanes of at least 4 members (excludes halogenated alkanes) is 25. The monoisotopic (exact) mass is 646 g/mol. The molecule has 0 radical (unpaired) electrons. The van der Waals surface area contributed by atoms with E-state index in [0.717, 1.165) is 38.5 Å². The second kappa shape index (κ2) is 38.1. The van der Waals surface area contributed by atoms with Crippen LogP contribution in [0, 0.1) is 0 Å². The number of carbonyl (C=O) groups is 1. The zero-order valence-electron chi connectivity index (χ0n) is 30.8. The highest BCUT2D eigenvalue weighted by Gasteiger charge is 2.17. The van der Waals surface area contributed by atoms with E-state index in [-0.39, 0.29) is 12.5 Å². The number of aliphatic hydroxyl groups is 2. The highest BCUT2D eigenvalue weighted by atomic mass is 16.3. The molecule has 4 heteroatoms. The van der Waals surface area contributed by atoms with Crippen molar-refractivity contribution in [2.24, 2.45) is 0 Å². The molecule has 0 saturated carbocycles. The van der Waals surface area contributed by atoms with Crippen LogP contribution < -0.4 is 5.32 Å². The molecular formula is C42H79NO3. The van der Waals surface area contributed by atoms with Crippen LogP contribution in [0.15, 0.2) is 36.5 Å². The van der Waals surface area contributed by atoms with Gasteiger partial charge >= 0.3 is 0 Å². The van der Waals surface area contributed by atoms with Crippen molar-refractivity contribution >= 4 is 5.91 Å². The van der Waals surface area contributed by atoms with Gasteiger partial charge in [0, 0.05) is 6.42 Å². The molecule has 4 nitrogen and oxygen atoms in total. The van der Waals surface area contributed by atoms with E-state index < -0.39 is 12.1 Å². The Balaban J connectivity index is 3.39. The second-order valence-corrected chi connectivity index (χ2v) is 13.7. The number of nitrogens with one attached hydrogen (secondary N) is 1. The molecule has 0 aliphatic rings. The van der Waals surface area contributed by atoms with Gasteiger partial charge in [0.25, 0.3) is 0 Å². The van der Waals surface area contributed by atoms with Gasteiger partial charge in [0.2, 0.25) is 5.91 Å². The first kappa shape index (κ1) is 44.6. The Morgan fingerprint density at radius 1 is 0.500 bits per heavy atom. The fraction of sp³-hybridized carbons (Fsp3) is 0.833. The maximum atomic E-state index is 11.8. The third kappa shape index (κ3) is 34.0. The summed E-state index contributed by atoms with van der Waals surface area (Å²) in [6, 6.07) is -0.638. The largest absolute Gasteiger partial charge is 0.394 e. The van der Waals surface area contributed by atoms with E-state index in [1.807, 2.05) is 13.0 Å². The lowest BCUT2D eigenvalue weighted by atomic mass is 10.0. The summed E-state index contributed by atoms with van der Waals surface area (Å²) in [7, 11) is 0. The van der Waals surface area contributed by atoms with E-state index in [0.29, 0.717) is 6.42 Å². The first-order valence-electron chi connectivity index (χ1n) is 20.2. The number of hydrogen-bond donors (Lipinski definition) is 3. The van der Waals surface area contributed by atoms with Crippen molar-refractivity contribution in [1.29, 1.82) is 0 Å². The predicted molar refractivity (Wildman–Crippen MR) is 202 cm³/mol. The maximum absolute atomic E-state index is 11.8. The topological polar surface area (TPSA) is 69.6 Å². The van der Waals surface area contributed by atoms with Crippen LogP contribution >= 0.6 is 0 Å². The van der Waals surface area contributed by atoms with Gasteiger partial charge in [-0.2, -0.15) is 0 Å². The molecule has 0 fully saturated rings. The van der Waals surface area contributed by atoms with Crippen LogP contribution in [0.3, 0.4) is 0 Å². The van der Waals surface area contributed by atoms with Gasteiger partial charge in [-0.3, -0.25) is 4.79 Å². The normalized spacial score (nSPS) is 13.4. The smallest absolute Gasteiger partial charge is 0.220 e. The van der Waals surface area contributed by atoms with Gasteiger partial charge in [-0.1, -0.05) is 192 Å². The number of hydrogen-bond acceptors (Lipinski definition) is 3. The number of rotatable bonds is 36. The highest BCUT2D eigenvalue weighted by molar-refractivity contribution is 5.76. The fourth-order valence-corrected chi connectivity index (χ4v) is 5.95. The predicted octanol–water partition coefficient (Wildman–Crippen LogP) is 12.2. The zero-order chi connectivity index (χ0) is 33.6. The fourth-order valence-electron chi connectivity index (χ4n) is 5.95. The first-order valence-corrected chi connectivity index (χ1v) is 20.2. The van der Waals surface area contributed by atoms with Crippen LogP contribution in [0.4, 0.5) is 0 Å². The Hall–Kier alpha value is -1.39. The van der Waals surface area contributed by atoms with E-state index >= 15 is 0 Å². The van der Waals surface area contributed by atoms with Crippen LogP contribution in [0.1, 0.15) is 206 Å². The number of allylic oxidation sites excluding steroid dienone is 5. The molecule has 0 rings (SSSR count). The van der Waals surface area contributed by atoms with E-state index in [9.17, 15) is 15.0 Å². The first-order chi connectivity index (χ1) is 22.7. The molecule has 46 heavy (non-hydrogen) atoms. The Labute approximate surface area is 287 Å². The van der Waals surface area contributed by atoms with Crippen molar-refractivity contribution in [3.05, 3.63) is 36.5 Å². The minimum absolute atomic E-state index is 0.114. The molecule has 0 spiro atoms. The second-order valence-electron chi connectivity index (χ2n) is 13.7. The average Bonchev–Trinajstić information content (AvgIpc) is 3.06. The summed E-state index contributed by atoms with van der Waals surface area (Å²) in [6.07, 6.45) is 50.8. The Morgan fingerprint density at radius 2 is 0.848 bits per heavy atom. The van der Waals surface area contributed by atoms with Gasteiger partial charge in [0.05, 0.1) is 18.8 Å². The summed E-state index contributed by atoms with van der Waals surface area (Å²) in [5, 5.41) is 22.4. The number of aliphatic hydroxyl groups excluding tert-OH is 2.